The summed E-state index contributed by atoms with van der Waals surface area (Å²) >= 11 is 0.0852. The Hall–Kier alpha value is -1.63. The first-order valence-electron chi connectivity index (χ1n) is 8.44. The molecule has 0 N–H and O–H groups in total. The Morgan fingerprint density at radius 3 is 2.12 bits per heavy atom. The van der Waals surface area contributed by atoms with Gasteiger partial charge in [0.2, 0.25) is 0 Å². The minimum absolute atomic E-state index is 0.0470. The molecule has 2 aromatic rings. The van der Waals surface area contributed by atoms with Crippen LogP contribution in [0.2, 0.25) is 4.31 Å². The Morgan fingerprint density at radius 2 is 1.54 bits per heavy atom. The van der Waals surface area contributed by atoms with Crippen LogP contribution in [0, 0.1) is 5.41 Å². The molecule has 1 aliphatic rings. The number of rotatable bonds is 4. The van der Waals surface area contributed by atoms with Crippen LogP contribution < -0.4 is 4.46 Å². The SMILES string of the molecule is CC1=CCC([Se]c2ccccc2)(C(=O)c2ccccc2)C(C)(C)C1. The van der Waals surface area contributed by atoms with Crippen molar-refractivity contribution in [2.75, 3.05) is 0 Å². The Kier molecular flexibility index (Phi) is 4.80. The summed E-state index contributed by atoms with van der Waals surface area (Å²) in [7, 11) is 0. The third-order valence-corrected chi connectivity index (χ3v) is 8.68. The zero-order chi connectivity index (χ0) is 17.2. The number of carbonyl (C=O) groups is 1. The summed E-state index contributed by atoms with van der Waals surface area (Å²) < 4.78 is 0.970. The van der Waals surface area contributed by atoms with Crippen LogP contribution >= 0.6 is 0 Å². The average Bonchev–Trinajstić information content (AvgIpc) is 2.58. The van der Waals surface area contributed by atoms with Crippen molar-refractivity contribution >= 4 is 25.2 Å². The minimum atomic E-state index is -0.331. The van der Waals surface area contributed by atoms with E-state index >= 15 is 0 Å². The molecule has 24 heavy (non-hydrogen) atoms. The molecule has 0 saturated heterocycles. The second kappa shape index (κ2) is 6.70. The predicted molar refractivity (Wildman–Crippen MR) is 102 cm³/mol. The molecule has 3 rings (SSSR count). The van der Waals surface area contributed by atoms with Crippen molar-refractivity contribution in [3.63, 3.8) is 0 Å². The van der Waals surface area contributed by atoms with Crippen molar-refractivity contribution < 1.29 is 4.79 Å². The standard InChI is InChI=1S/C22H24OSe/c1-17-14-15-22(21(2,3)16-17,24-19-12-8-5-9-13-19)20(23)18-10-6-4-7-11-18/h4-14H,15-16H2,1-3H3. The Labute approximate surface area is 151 Å². The molecular weight excluding hydrogens is 359 g/mol. The molecule has 124 valence electrons. The Balaban J connectivity index is 2.09. The summed E-state index contributed by atoms with van der Waals surface area (Å²) in [6.07, 6.45) is 4.12. The molecule has 1 nitrogen and oxygen atoms in total. The van der Waals surface area contributed by atoms with Crippen molar-refractivity contribution in [2.24, 2.45) is 5.41 Å². The van der Waals surface area contributed by atoms with Gasteiger partial charge in [-0.2, -0.15) is 0 Å². The molecule has 2 aromatic carbocycles. The summed E-state index contributed by atoms with van der Waals surface area (Å²) in [6, 6.07) is 20.4. The van der Waals surface area contributed by atoms with Crippen molar-refractivity contribution in [2.45, 2.75) is 37.9 Å². The maximum absolute atomic E-state index is 13.6. The third-order valence-electron chi connectivity index (χ3n) is 4.99. The van der Waals surface area contributed by atoms with E-state index in [4.69, 9.17) is 0 Å². The summed E-state index contributed by atoms with van der Waals surface area (Å²) in [4.78, 5) is 13.6. The fraction of sp³-hybridized carbons (Fsp3) is 0.318. The third kappa shape index (κ3) is 3.14. The predicted octanol–water partition coefficient (Wildman–Crippen LogP) is 4.82. The molecule has 0 radical (unpaired) electrons. The van der Waals surface area contributed by atoms with Crippen LogP contribution in [-0.2, 0) is 0 Å². The van der Waals surface area contributed by atoms with Crippen LogP contribution in [0.4, 0.5) is 0 Å². The number of hydrogen-bond acceptors (Lipinski definition) is 1. The molecule has 0 fully saturated rings. The van der Waals surface area contributed by atoms with Gasteiger partial charge in [0.25, 0.3) is 0 Å². The number of carbonyl (C=O) groups excluding carboxylic acids is 1. The van der Waals surface area contributed by atoms with Gasteiger partial charge in [0, 0.05) is 0 Å². The number of Topliss-reactive ketones (excluding diaryl/α,β-unsaturated/α-hetero) is 1. The van der Waals surface area contributed by atoms with E-state index in [1.165, 1.54) is 10.0 Å². The van der Waals surface area contributed by atoms with Crippen molar-refractivity contribution in [1.82, 2.24) is 0 Å². The van der Waals surface area contributed by atoms with Crippen LogP contribution in [-0.4, -0.2) is 20.7 Å². The second-order valence-electron chi connectivity index (χ2n) is 7.25. The molecule has 0 saturated carbocycles. The normalized spacial score (nSPS) is 22.7. The van der Waals surface area contributed by atoms with Crippen LogP contribution in [0.1, 0.15) is 44.0 Å². The quantitative estimate of drug-likeness (QED) is 0.420. The monoisotopic (exact) mass is 384 g/mol. The molecule has 0 aromatic heterocycles. The van der Waals surface area contributed by atoms with Gasteiger partial charge in [-0.25, -0.2) is 0 Å². The van der Waals surface area contributed by atoms with E-state index in [0.29, 0.717) is 5.78 Å². The molecule has 0 aliphatic heterocycles. The van der Waals surface area contributed by atoms with E-state index in [1.54, 1.807) is 0 Å². The van der Waals surface area contributed by atoms with Crippen LogP contribution in [0.3, 0.4) is 0 Å². The first kappa shape index (κ1) is 17.2. The average molecular weight is 383 g/mol. The Bertz CT molecular complexity index is 746. The van der Waals surface area contributed by atoms with Gasteiger partial charge in [0.1, 0.15) is 0 Å². The van der Waals surface area contributed by atoms with Gasteiger partial charge in [0.15, 0.2) is 0 Å². The van der Waals surface area contributed by atoms with Crippen LogP contribution in [0.25, 0.3) is 0 Å². The molecule has 1 atom stereocenters. The van der Waals surface area contributed by atoms with E-state index < -0.39 is 0 Å². The first-order chi connectivity index (χ1) is 11.4. The number of allylic oxidation sites excluding steroid dienone is 2. The fourth-order valence-corrected chi connectivity index (χ4v) is 6.63. The molecular formula is C22H24OSe. The van der Waals surface area contributed by atoms with Crippen LogP contribution in [0.5, 0.6) is 0 Å². The summed E-state index contributed by atoms with van der Waals surface area (Å²) in [6.45, 7) is 6.73. The van der Waals surface area contributed by atoms with Crippen molar-refractivity contribution in [3.05, 3.63) is 77.9 Å². The van der Waals surface area contributed by atoms with Gasteiger partial charge >= 0.3 is 151 Å². The zero-order valence-electron chi connectivity index (χ0n) is 14.6. The molecule has 0 bridgehead atoms. The van der Waals surface area contributed by atoms with E-state index in [-0.39, 0.29) is 24.7 Å². The van der Waals surface area contributed by atoms with Gasteiger partial charge < -0.3 is 0 Å². The zero-order valence-corrected chi connectivity index (χ0v) is 16.3. The summed E-state index contributed by atoms with van der Waals surface area (Å²) in [5.41, 5.74) is 2.20. The van der Waals surface area contributed by atoms with Gasteiger partial charge in [-0.05, 0) is 0 Å². The molecule has 1 unspecified atom stereocenters. The van der Waals surface area contributed by atoms with E-state index in [2.05, 4.69) is 51.1 Å². The van der Waals surface area contributed by atoms with Gasteiger partial charge in [-0.1, -0.05) is 0 Å². The van der Waals surface area contributed by atoms with Crippen molar-refractivity contribution in [1.29, 1.82) is 0 Å². The number of ketones is 1. The van der Waals surface area contributed by atoms with E-state index in [0.717, 1.165) is 18.4 Å². The molecule has 0 heterocycles. The molecule has 2 heteroatoms. The molecule has 0 spiro atoms. The van der Waals surface area contributed by atoms with Gasteiger partial charge in [-0.3, -0.25) is 0 Å². The molecule has 0 amide bonds. The maximum atomic E-state index is 13.6. The van der Waals surface area contributed by atoms with Gasteiger partial charge in [-0.15, -0.1) is 0 Å². The fourth-order valence-electron chi connectivity index (χ4n) is 3.64. The number of benzene rings is 2. The summed E-state index contributed by atoms with van der Waals surface area (Å²) in [5, 5.41) is 0. The van der Waals surface area contributed by atoms with Crippen LogP contribution in [0.15, 0.2) is 72.3 Å². The number of hydrogen-bond donors (Lipinski definition) is 0. The topological polar surface area (TPSA) is 17.1 Å². The van der Waals surface area contributed by atoms with E-state index in [1.807, 2.05) is 36.4 Å². The first-order valence-corrected chi connectivity index (χ1v) is 10.2. The molecule has 1 aliphatic carbocycles. The summed E-state index contributed by atoms with van der Waals surface area (Å²) in [5.74, 6) is 0.306. The van der Waals surface area contributed by atoms with E-state index in [9.17, 15) is 4.79 Å². The van der Waals surface area contributed by atoms with Gasteiger partial charge in [0.05, 0.1) is 0 Å². The van der Waals surface area contributed by atoms with Crippen molar-refractivity contribution in [3.8, 4) is 0 Å². The Morgan fingerprint density at radius 1 is 0.958 bits per heavy atom. The second-order valence-corrected chi connectivity index (χ2v) is 10.1.